The van der Waals surface area contributed by atoms with Gasteiger partial charge in [-0.15, -0.1) is 0 Å². The van der Waals surface area contributed by atoms with Crippen molar-refractivity contribution in [2.24, 2.45) is 0 Å². The fraction of sp³-hybridized carbons (Fsp3) is 0.889. The molecule has 1 aliphatic heterocycles. The maximum atomic E-state index is 12.1. The van der Waals surface area contributed by atoms with Crippen molar-refractivity contribution >= 4 is 16.2 Å². The zero-order valence-electron chi connectivity index (χ0n) is 9.74. The summed E-state index contributed by atoms with van der Waals surface area (Å²) in [6, 6.07) is -0.382. The Labute approximate surface area is 101 Å². The summed E-state index contributed by atoms with van der Waals surface area (Å²) < 4.78 is 26.4. The molecule has 1 fully saturated rings. The van der Waals surface area contributed by atoms with Gasteiger partial charge in [0.1, 0.15) is 0 Å². The number of nitrogens with zero attached hydrogens (tertiary/aromatic N) is 2. The standard InChI is InChI=1S/C9H18N2O5S/c1-10(6-4-9(13)14)17(15,16)11-5-2-3-8(11)7-12/h8,12H,2-7H2,1H3,(H,13,14)/t8-/m0/s1. The Morgan fingerprint density at radius 1 is 1.53 bits per heavy atom. The van der Waals surface area contributed by atoms with E-state index in [9.17, 15) is 13.2 Å². The van der Waals surface area contributed by atoms with E-state index in [1.54, 1.807) is 0 Å². The van der Waals surface area contributed by atoms with Gasteiger partial charge in [-0.05, 0) is 12.8 Å². The molecule has 100 valence electrons. The molecule has 0 aromatic rings. The molecular weight excluding hydrogens is 248 g/mol. The molecule has 1 aliphatic rings. The van der Waals surface area contributed by atoms with Crippen molar-refractivity contribution in [3.8, 4) is 0 Å². The molecule has 2 N–H and O–H groups in total. The maximum Gasteiger partial charge on any atom is 0.304 e. The number of aliphatic hydroxyl groups is 1. The van der Waals surface area contributed by atoms with E-state index in [-0.39, 0.29) is 25.6 Å². The topological polar surface area (TPSA) is 98.2 Å². The molecule has 0 unspecified atom stereocenters. The van der Waals surface area contributed by atoms with Crippen LogP contribution in [0.3, 0.4) is 0 Å². The fourth-order valence-electron chi connectivity index (χ4n) is 1.84. The van der Waals surface area contributed by atoms with Gasteiger partial charge in [0.2, 0.25) is 0 Å². The number of aliphatic hydroxyl groups excluding tert-OH is 1. The summed E-state index contributed by atoms with van der Waals surface area (Å²) in [5.41, 5.74) is 0. The van der Waals surface area contributed by atoms with Gasteiger partial charge < -0.3 is 10.2 Å². The van der Waals surface area contributed by atoms with Gasteiger partial charge >= 0.3 is 5.97 Å². The highest BCUT2D eigenvalue weighted by molar-refractivity contribution is 7.86. The summed E-state index contributed by atoms with van der Waals surface area (Å²) in [6.45, 7) is 0.114. The van der Waals surface area contributed by atoms with Crippen molar-refractivity contribution in [1.82, 2.24) is 8.61 Å². The van der Waals surface area contributed by atoms with Crippen LogP contribution >= 0.6 is 0 Å². The largest absolute Gasteiger partial charge is 0.481 e. The van der Waals surface area contributed by atoms with Crippen LogP contribution in [-0.4, -0.2) is 66.0 Å². The van der Waals surface area contributed by atoms with Gasteiger partial charge in [0.25, 0.3) is 10.2 Å². The second kappa shape index (κ2) is 5.76. The molecule has 0 spiro atoms. The molecular formula is C9H18N2O5S. The highest BCUT2D eigenvalue weighted by atomic mass is 32.2. The van der Waals surface area contributed by atoms with Gasteiger partial charge in [-0.1, -0.05) is 0 Å². The van der Waals surface area contributed by atoms with Crippen molar-refractivity contribution in [3.63, 3.8) is 0 Å². The third-order valence-electron chi connectivity index (χ3n) is 2.86. The number of carboxylic acids is 1. The van der Waals surface area contributed by atoms with E-state index in [2.05, 4.69) is 0 Å². The normalized spacial score (nSPS) is 22.2. The first-order valence-corrected chi connectivity index (χ1v) is 6.85. The smallest absolute Gasteiger partial charge is 0.304 e. The second-order valence-electron chi connectivity index (χ2n) is 4.06. The minimum atomic E-state index is -3.65. The third-order valence-corrected chi connectivity index (χ3v) is 4.91. The van der Waals surface area contributed by atoms with E-state index in [0.717, 1.165) is 10.7 Å². The molecule has 0 amide bonds. The molecule has 0 saturated carbocycles. The lowest BCUT2D eigenvalue weighted by Gasteiger charge is -2.27. The van der Waals surface area contributed by atoms with Gasteiger partial charge in [0.15, 0.2) is 0 Å². The van der Waals surface area contributed by atoms with Crippen LogP contribution in [0.1, 0.15) is 19.3 Å². The molecule has 0 aromatic heterocycles. The van der Waals surface area contributed by atoms with Gasteiger partial charge in [-0.2, -0.15) is 17.0 Å². The lowest BCUT2D eigenvalue weighted by atomic mass is 10.2. The van der Waals surface area contributed by atoms with Gasteiger partial charge in [0.05, 0.1) is 13.0 Å². The first-order valence-electron chi connectivity index (χ1n) is 5.45. The Balaban J connectivity index is 2.69. The lowest BCUT2D eigenvalue weighted by Crippen LogP contribution is -2.46. The molecule has 0 aromatic carbocycles. The van der Waals surface area contributed by atoms with E-state index >= 15 is 0 Å². The fourth-order valence-corrected chi connectivity index (χ4v) is 3.43. The summed E-state index contributed by atoms with van der Waals surface area (Å²) >= 11 is 0. The van der Waals surface area contributed by atoms with Crippen LogP contribution in [0, 0.1) is 0 Å². The van der Waals surface area contributed by atoms with Crippen molar-refractivity contribution in [2.75, 3.05) is 26.7 Å². The van der Waals surface area contributed by atoms with Crippen LogP contribution in [0.2, 0.25) is 0 Å². The van der Waals surface area contributed by atoms with E-state index in [1.807, 2.05) is 0 Å². The van der Waals surface area contributed by atoms with Gasteiger partial charge in [-0.25, -0.2) is 0 Å². The Hall–Kier alpha value is -0.700. The van der Waals surface area contributed by atoms with Crippen molar-refractivity contribution in [2.45, 2.75) is 25.3 Å². The number of hydrogen-bond acceptors (Lipinski definition) is 4. The predicted octanol–water partition coefficient (Wildman–Crippen LogP) is -0.906. The van der Waals surface area contributed by atoms with Crippen LogP contribution < -0.4 is 0 Å². The Bertz CT molecular complexity index is 370. The number of carbonyl (C=O) groups is 1. The predicted molar refractivity (Wildman–Crippen MR) is 60.6 cm³/mol. The Morgan fingerprint density at radius 3 is 2.71 bits per heavy atom. The number of aliphatic carboxylic acids is 1. The SMILES string of the molecule is CN(CCC(=O)O)S(=O)(=O)N1CCC[C@H]1CO. The molecule has 8 heteroatoms. The van der Waals surface area contributed by atoms with E-state index < -0.39 is 16.2 Å². The van der Waals surface area contributed by atoms with Crippen molar-refractivity contribution < 1.29 is 23.4 Å². The molecule has 17 heavy (non-hydrogen) atoms. The first kappa shape index (κ1) is 14.4. The van der Waals surface area contributed by atoms with Crippen LogP contribution in [0.15, 0.2) is 0 Å². The summed E-state index contributed by atoms with van der Waals surface area (Å²) in [4.78, 5) is 10.4. The molecule has 1 heterocycles. The first-order chi connectivity index (χ1) is 7.89. The number of hydrogen-bond donors (Lipinski definition) is 2. The third kappa shape index (κ3) is 3.38. The van der Waals surface area contributed by atoms with E-state index in [0.29, 0.717) is 13.0 Å². The van der Waals surface area contributed by atoms with E-state index in [4.69, 9.17) is 10.2 Å². The van der Waals surface area contributed by atoms with Crippen LogP contribution in [-0.2, 0) is 15.0 Å². The van der Waals surface area contributed by atoms with Gasteiger partial charge in [0, 0.05) is 26.2 Å². The van der Waals surface area contributed by atoms with Crippen LogP contribution in [0.25, 0.3) is 0 Å². The summed E-state index contributed by atoms with van der Waals surface area (Å²) in [5.74, 6) is -1.04. The zero-order valence-corrected chi connectivity index (χ0v) is 10.6. The zero-order chi connectivity index (χ0) is 13.1. The van der Waals surface area contributed by atoms with Crippen molar-refractivity contribution in [3.05, 3.63) is 0 Å². The number of carboxylic acid groups (broad SMARTS) is 1. The number of rotatable bonds is 6. The highest BCUT2D eigenvalue weighted by Gasteiger charge is 2.36. The molecule has 1 atom stereocenters. The molecule has 0 aliphatic carbocycles. The quantitative estimate of drug-likeness (QED) is 0.649. The molecule has 0 radical (unpaired) electrons. The average molecular weight is 266 g/mol. The minimum Gasteiger partial charge on any atom is -0.481 e. The molecule has 1 rings (SSSR count). The average Bonchev–Trinajstić information content (AvgIpc) is 2.74. The van der Waals surface area contributed by atoms with Crippen LogP contribution in [0.4, 0.5) is 0 Å². The van der Waals surface area contributed by atoms with Crippen LogP contribution in [0.5, 0.6) is 0 Å². The van der Waals surface area contributed by atoms with Gasteiger partial charge in [-0.3, -0.25) is 4.79 Å². The monoisotopic (exact) mass is 266 g/mol. The molecule has 1 saturated heterocycles. The summed E-state index contributed by atoms with van der Waals surface area (Å²) in [7, 11) is -2.30. The molecule has 7 nitrogen and oxygen atoms in total. The second-order valence-corrected chi connectivity index (χ2v) is 6.05. The lowest BCUT2D eigenvalue weighted by molar-refractivity contribution is -0.137. The maximum absolute atomic E-state index is 12.1. The Morgan fingerprint density at radius 2 is 2.18 bits per heavy atom. The Kier molecular flexibility index (Phi) is 4.87. The van der Waals surface area contributed by atoms with Crippen molar-refractivity contribution in [1.29, 1.82) is 0 Å². The highest BCUT2D eigenvalue weighted by Crippen LogP contribution is 2.22. The molecule has 0 bridgehead atoms. The summed E-state index contributed by atoms with van der Waals surface area (Å²) in [6.07, 6.45) is 1.13. The minimum absolute atomic E-state index is 0.0632. The summed E-state index contributed by atoms with van der Waals surface area (Å²) in [5, 5.41) is 17.6. The van der Waals surface area contributed by atoms with E-state index in [1.165, 1.54) is 11.4 Å².